The fraction of sp³-hybridized carbons (Fsp3) is 0.111. The molecule has 5 nitrogen and oxygen atoms in total. The van der Waals surface area contributed by atoms with Gasteiger partial charge in [-0.25, -0.2) is 4.39 Å². The first kappa shape index (κ1) is 18.5. The van der Waals surface area contributed by atoms with Gasteiger partial charge < -0.3 is 15.2 Å². The maximum absolute atomic E-state index is 13.7. The van der Waals surface area contributed by atoms with Crippen molar-refractivity contribution in [1.82, 2.24) is 0 Å². The highest BCUT2D eigenvalue weighted by Gasteiger charge is 2.12. The minimum atomic E-state index is -0.826. The van der Waals surface area contributed by atoms with E-state index in [0.717, 1.165) is 0 Å². The molecule has 0 aliphatic heterocycles. The molecule has 0 atom stereocenters. The summed E-state index contributed by atoms with van der Waals surface area (Å²) < 4.78 is 25.1. The highest BCUT2D eigenvalue weighted by Crippen LogP contribution is 2.35. The molecule has 0 saturated heterocycles. The van der Waals surface area contributed by atoms with Crippen LogP contribution in [0.25, 0.3) is 6.08 Å². The van der Waals surface area contributed by atoms with Gasteiger partial charge in [0.05, 0.1) is 7.11 Å². The summed E-state index contributed by atoms with van der Waals surface area (Å²) in [5, 5.41) is 8.94. The molecule has 0 saturated carbocycles. The van der Waals surface area contributed by atoms with Gasteiger partial charge in [0, 0.05) is 10.0 Å². The first-order valence-electron chi connectivity index (χ1n) is 7.11. The normalized spacial score (nSPS) is 10.9. The number of benzene rings is 2. The predicted molar refractivity (Wildman–Crippen MR) is 94.2 cm³/mol. The van der Waals surface area contributed by atoms with Gasteiger partial charge in [-0.1, -0.05) is 34.1 Å². The van der Waals surface area contributed by atoms with Crippen LogP contribution in [0.5, 0.6) is 11.5 Å². The molecule has 128 valence electrons. The molecule has 25 heavy (non-hydrogen) atoms. The Hall–Kier alpha value is -2.85. The van der Waals surface area contributed by atoms with Crippen molar-refractivity contribution in [2.75, 3.05) is 7.11 Å². The zero-order valence-corrected chi connectivity index (χ0v) is 14.8. The quantitative estimate of drug-likeness (QED) is 0.588. The second-order valence-electron chi connectivity index (χ2n) is 4.94. The van der Waals surface area contributed by atoms with E-state index < -0.39 is 5.91 Å². The fourth-order valence-corrected chi connectivity index (χ4v) is 2.46. The fourth-order valence-electron chi connectivity index (χ4n) is 2.02. The first-order valence-corrected chi connectivity index (χ1v) is 7.91. The molecule has 2 N–H and O–H groups in total. The lowest BCUT2D eigenvalue weighted by Crippen LogP contribution is -2.12. The van der Waals surface area contributed by atoms with E-state index >= 15 is 0 Å². The molecule has 0 aromatic heterocycles. The SMILES string of the molecule is COc1cc(C=C(C#N)C(N)=O)c(Br)cc1OCc1ccccc1F. The number of ether oxygens (including phenoxy) is 2. The molecule has 0 heterocycles. The van der Waals surface area contributed by atoms with Crippen molar-refractivity contribution in [3.63, 3.8) is 0 Å². The van der Waals surface area contributed by atoms with Gasteiger partial charge in [-0.2, -0.15) is 5.26 Å². The molecule has 1 amide bonds. The van der Waals surface area contributed by atoms with E-state index in [2.05, 4.69) is 15.9 Å². The molecule has 0 unspecified atom stereocenters. The molecule has 7 heteroatoms. The summed E-state index contributed by atoms with van der Waals surface area (Å²) in [6.07, 6.45) is 1.34. The molecule has 0 bridgehead atoms. The number of nitrogens with two attached hydrogens (primary N) is 1. The van der Waals surface area contributed by atoms with Crippen LogP contribution < -0.4 is 15.2 Å². The van der Waals surface area contributed by atoms with Crippen LogP contribution in [-0.2, 0) is 11.4 Å². The van der Waals surface area contributed by atoms with Gasteiger partial charge in [-0.3, -0.25) is 4.79 Å². The summed E-state index contributed by atoms with van der Waals surface area (Å²) in [6.45, 7) is 0.0232. The average Bonchev–Trinajstić information content (AvgIpc) is 2.59. The zero-order chi connectivity index (χ0) is 18.4. The number of amides is 1. The molecule has 2 rings (SSSR count). The third kappa shape index (κ3) is 4.58. The number of rotatable bonds is 6. The van der Waals surface area contributed by atoms with Gasteiger partial charge in [-0.15, -0.1) is 0 Å². The Morgan fingerprint density at radius 3 is 2.68 bits per heavy atom. The standard InChI is InChI=1S/C18H14BrFN2O3/c1-24-16-7-12(6-13(9-21)18(22)23)14(19)8-17(16)25-10-11-4-2-3-5-15(11)20/h2-8H,10H2,1H3,(H2,22,23). The van der Waals surface area contributed by atoms with Crippen LogP contribution in [0.15, 0.2) is 46.4 Å². The second-order valence-corrected chi connectivity index (χ2v) is 5.79. The van der Waals surface area contributed by atoms with Crippen LogP contribution in [0.2, 0.25) is 0 Å². The van der Waals surface area contributed by atoms with Gasteiger partial charge >= 0.3 is 0 Å². The van der Waals surface area contributed by atoms with Gasteiger partial charge in [0.15, 0.2) is 11.5 Å². The molecular formula is C18H14BrFN2O3. The number of nitriles is 1. The number of primary amides is 1. The Bertz CT molecular complexity index is 875. The van der Waals surface area contributed by atoms with Crippen molar-refractivity contribution < 1.29 is 18.7 Å². The summed E-state index contributed by atoms with van der Waals surface area (Å²) in [5.41, 5.74) is 5.87. The Balaban J connectivity index is 2.32. The third-order valence-corrected chi connectivity index (χ3v) is 4.00. The Morgan fingerprint density at radius 1 is 1.36 bits per heavy atom. The lowest BCUT2D eigenvalue weighted by atomic mass is 10.1. The van der Waals surface area contributed by atoms with Crippen LogP contribution in [0, 0.1) is 17.1 Å². The highest BCUT2D eigenvalue weighted by atomic mass is 79.9. The van der Waals surface area contributed by atoms with E-state index in [1.54, 1.807) is 36.4 Å². The minimum Gasteiger partial charge on any atom is -0.493 e. The van der Waals surface area contributed by atoms with E-state index in [-0.39, 0.29) is 18.0 Å². The van der Waals surface area contributed by atoms with Crippen molar-refractivity contribution in [1.29, 1.82) is 5.26 Å². The summed E-state index contributed by atoms with van der Waals surface area (Å²) in [4.78, 5) is 11.2. The topological polar surface area (TPSA) is 85.3 Å². The summed E-state index contributed by atoms with van der Waals surface area (Å²) in [5.74, 6) is -0.437. The van der Waals surface area contributed by atoms with E-state index in [1.807, 2.05) is 0 Å². The second kappa shape index (κ2) is 8.31. The van der Waals surface area contributed by atoms with Crippen molar-refractivity contribution in [3.05, 3.63) is 63.4 Å². The minimum absolute atomic E-state index is 0.0232. The van der Waals surface area contributed by atoms with E-state index in [4.69, 9.17) is 20.5 Å². The molecule has 0 aliphatic rings. The summed E-state index contributed by atoms with van der Waals surface area (Å²) in [7, 11) is 1.45. The van der Waals surface area contributed by atoms with Crippen LogP contribution >= 0.6 is 15.9 Å². The number of halogens is 2. The van der Waals surface area contributed by atoms with Crippen molar-refractivity contribution in [2.45, 2.75) is 6.61 Å². The van der Waals surface area contributed by atoms with E-state index in [9.17, 15) is 9.18 Å². The monoisotopic (exact) mass is 404 g/mol. The highest BCUT2D eigenvalue weighted by molar-refractivity contribution is 9.10. The molecular weight excluding hydrogens is 391 g/mol. The van der Waals surface area contributed by atoms with Crippen molar-refractivity contribution in [3.8, 4) is 17.6 Å². The molecule has 0 aliphatic carbocycles. The summed E-state index contributed by atoms with van der Waals surface area (Å²) in [6, 6.07) is 11.2. The zero-order valence-electron chi connectivity index (χ0n) is 13.3. The average molecular weight is 405 g/mol. The number of hydrogen-bond donors (Lipinski definition) is 1. The van der Waals surface area contributed by atoms with E-state index in [0.29, 0.717) is 27.1 Å². The number of carbonyl (C=O) groups excluding carboxylic acids is 1. The van der Waals surface area contributed by atoms with Gasteiger partial charge in [-0.05, 0) is 29.8 Å². The maximum Gasteiger partial charge on any atom is 0.259 e. The molecule has 0 fully saturated rings. The molecule has 0 spiro atoms. The van der Waals surface area contributed by atoms with Crippen LogP contribution in [0.1, 0.15) is 11.1 Å². The number of carbonyl (C=O) groups is 1. The lowest BCUT2D eigenvalue weighted by molar-refractivity contribution is -0.114. The number of nitrogens with zero attached hydrogens (tertiary/aromatic N) is 1. The first-order chi connectivity index (χ1) is 12.0. The Kier molecular flexibility index (Phi) is 6.14. The van der Waals surface area contributed by atoms with Gasteiger partial charge in [0.2, 0.25) is 0 Å². The lowest BCUT2D eigenvalue weighted by Gasteiger charge is -2.13. The molecule has 0 radical (unpaired) electrons. The third-order valence-electron chi connectivity index (χ3n) is 3.31. The smallest absolute Gasteiger partial charge is 0.259 e. The predicted octanol–water partition coefficient (Wildman–Crippen LogP) is 3.57. The Labute approximate surface area is 152 Å². The molecule has 2 aromatic carbocycles. The van der Waals surface area contributed by atoms with Crippen LogP contribution in [0.4, 0.5) is 4.39 Å². The van der Waals surface area contributed by atoms with Crippen molar-refractivity contribution >= 4 is 27.9 Å². The van der Waals surface area contributed by atoms with Crippen LogP contribution in [-0.4, -0.2) is 13.0 Å². The molecule has 2 aromatic rings. The van der Waals surface area contributed by atoms with Gasteiger partial charge in [0.25, 0.3) is 5.91 Å². The van der Waals surface area contributed by atoms with Gasteiger partial charge in [0.1, 0.15) is 24.1 Å². The number of hydrogen-bond acceptors (Lipinski definition) is 4. The number of methoxy groups -OCH3 is 1. The van der Waals surface area contributed by atoms with E-state index in [1.165, 1.54) is 19.3 Å². The summed E-state index contributed by atoms with van der Waals surface area (Å²) >= 11 is 3.34. The van der Waals surface area contributed by atoms with Crippen molar-refractivity contribution in [2.24, 2.45) is 5.73 Å². The van der Waals surface area contributed by atoms with Crippen LogP contribution in [0.3, 0.4) is 0 Å². The maximum atomic E-state index is 13.7. The largest absolute Gasteiger partial charge is 0.493 e. The Morgan fingerprint density at radius 2 is 2.08 bits per heavy atom.